The molecule has 0 saturated carbocycles. The van der Waals surface area contributed by atoms with E-state index >= 15 is 0 Å². The molecule has 2 aromatic carbocycles. The van der Waals surface area contributed by atoms with Gasteiger partial charge >= 0.3 is 6.03 Å². The SMILES string of the molecule is C[C@@H]1C2=C(CC[C@@H]2CC(NC(=O)N2CCN(CCO)CC2)c2ccccc2)Cc2c1cnn2-c1ccc(F)cc1. The summed E-state index contributed by atoms with van der Waals surface area (Å²) in [5.41, 5.74) is 7.48. The number of β-amino-alcohol motifs (C(OH)–C–C–N with tert-alkyl or cyclic N) is 1. The van der Waals surface area contributed by atoms with Crippen LogP contribution in [0, 0.1) is 11.7 Å². The number of rotatable bonds is 7. The molecular weight excluding hydrogens is 505 g/mol. The van der Waals surface area contributed by atoms with Crippen LogP contribution in [0.4, 0.5) is 9.18 Å². The Morgan fingerprint density at radius 3 is 2.58 bits per heavy atom. The Morgan fingerprint density at radius 2 is 1.85 bits per heavy atom. The normalized spacial score (nSPS) is 21.7. The molecule has 210 valence electrons. The Hall–Kier alpha value is -3.49. The van der Waals surface area contributed by atoms with Gasteiger partial charge in [0, 0.05) is 50.6 Å². The zero-order valence-electron chi connectivity index (χ0n) is 23.1. The smallest absolute Gasteiger partial charge is 0.317 e. The van der Waals surface area contributed by atoms with Crippen LogP contribution in [0.2, 0.25) is 0 Å². The number of hydrogen-bond acceptors (Lipinski definition) is 4. The van der Waals surface area contributed by atoms with Crippen LogP contribution in [0.25, 0.3) is 5.69 Å². The second-order valence-electron chi connectivity index (χ2n) is 11.3. The van der Waals surface area contributed by atoms with Gasteiger partial charge in [0.25, 0.3) is 0 Å². The molecule has 0 bridgehead atoms. The molecule has 3 aromatic rings. The lowest BCUT2D eigenvalue weighted by atomic mass is 9.78. The van der Waals surface area contributed by atoms with Gasteiger partial charge in [-0.25, -0.2) is 13.9 Å². The average molecular weight is 544 g/mol. The number of aliphatic hydroxyl groups excluding tert-OH is 1. The van der Waals surface area contributed by atoms with Crippen molar-refractivity contribution in [1.29, 1.82) is 0 Å². The highest BCUT2D eigenvalue weighted by atomic mass is 19.1. The van der Waals surface area contributed by atoms with Crippen molar-refractivity contribution in [1.82, 2.24) is 24.9 Å². The molecule has 2 heterocycles. The number of carbonyl (C=O) groups is 1. The molecule has 1 fully saturated rings. The molecular formula is C32H38FN5O2. The van der Waals surface area contributed by atoms with E-state index in [2.05, 4.69) is 29.3 Å². The maximum absolute atomic E-state index is 13.5. The number of aliphatic hydroxyl groups is 1. The van der Waals surface area contributed by atoms with E-state index in [4.69, 9.17) is 5.10 Å². The number of allylic oxidation sites excluding steroid dienone is 2. The Balaban J connectivity index is 1.20. The summed E-state index contributed by atoms with van der Waals surface area (Å²) >= 11 is 0. The van der Waals surface area contributed by atoms with Crippen LogP contribution in [-0.4, -0.2) is 70.0 Å². The lowest BCUT2D eigenvalue weighted by molar-refractivity contribution is 0.120. The molecule has 6 rings (SSSR count). The maximum Gasteiger partial charge on any atom is 0.317 e. The van der Waals surface area contributed by atoms with Gasteiger partial charge in [0.2, 0.25) is 0 Å². The Labute approximate surface area is 235 Å². The first-order valence-corrected chi connectivity index (χ1v) is 14.5. The second kappa shape index (κ2) is 11.6. The van der Waals surface area contributed by atoms with E-state index in [9.17, 15) is 14.3 Å². The predicted octanol–water partition coefficient (Wildman–Crippen LogP) is 4.83. The minimum absolute atomic E-state index is 0.00995. The van der Waals surface area contributed by atoms with Crippen molar-refractivity contribution in [2.75, 3.05) is 39.3 Å². The molecule has 1 saturated heterocycles. The fraction of sp³-hybridized carbons (Fsp3) is 0.438. The van der Waals surface area contributed by atoms with Crippen LogP contribution in [0.15, 0.2) is 71.9 Å². The summed E-state index contributed by atoms with van der Waals surface area (Å²) in [6, 6.07) is 16.8. The van der Waals surface area contributed by atoms with E-state index in [1.807, 2.05) is 34.0 Å². The molecule has 0 spiro atoms. The highest BCUT2D eigenvalue weighted by Crippen LogP contribution is 2.49. The molecule has 2 N–H and O–H groups in total. The number of piperazine rings is 1. The molecule has 2 amide bonds. The fourth-order valence-corrected chi connectivity index (χ4v) is 6.94. The van der Waals surface area contributed by atoms with Gasteiger partial charge in [-0.05, 0) is 55.0 Å². The second-order valence-corrected chi connectivity index (χ2v) is 11.3. The summed E-state index contributed by atoms with van der Waals surface area (Å²) in [5.74, 6) is 0.400. The Morgan fingerprint density at radius 1 is 1.10 bits per heavy atom. The highest BCUT2D eigenvalue weighted by molar-refractivity contribution is 5.75. The van der Waals surface area contributed by atoms with Crippen LogP contribution < -0.4 is 5.32 Å². The van der Waals surface area contributed by atoms with E-state index in [-0.39, 0.29) is 30.4 Å². The standard InChI is InChI=1S/C32H38FN5O2/c1-22-28-21-34-38(27-11-9-26(33)10-12-27)30(28)20-25-8-7-24(31(22)25)19-29(23-5-3-2-4-6-23)35-32(40)37-15-13-36(14-16-37)17-18-39/h2-6,9-12,21-22,24,29,39H,7-8,13-20H2,1H3,(H,35,40)/t22-,24+,29?/m0/s1. The largest absolute Gasteiger partial charge is 0.395 e. The predicted molar refractivity (Wildman–Crippen MR) is 153 cm³/mol. The molecule has 3 atom stereocenters. The molecule has 1 aliphatic heterocycles. The molecule has 0 radical (unpaired) electrons. The number of amides is 2. The van der Waals surface area contributed by atoms with Gasteiger partial charge in [-0.1, -0.05) is 48.4 Å². The number of halogens is 1. The lowest BCUT2D eigenvalue weighted by Crippen LogP contribution is -2.52. The summed E-state index contributed by atoms with van der Waals surface area (Å²) in [7, 11) is 0. The molecule has 7 nitrogen and oxygen atoms in total. The number of nitrogens with one attached hydrogen (secondary N) is 1. The zero-order chi connectivity index (χ0) is 27.6. The number of aromatic nitrogens is 2. The number of benzene rings is 2. The van der Waals surface area contributed by atoms with Crippen molar-refractivity contribution < 1.29 is 14.3 Å². The fourth-order valence-electron chi connectivity index (χ4n) is 6.94. The topological polar surface area (TPSA) is 73.6 Å². The number of carbonyl (C=O) groups excluding carboxylic acids is 1. The van der Waals surface area contributed by atoms with Gasteiger partial charge in [-0.15, -0.1) is 0 Å². The molecule has 40 heavy (non-hydrogen) atoms. The van der Waals surface area contributed by atoms with Crippen LogP contribution in [0.3, 0.4) is 0 Å². The Bertz CT molecular complexity index is 1360. The first-order valence-electron chi connectivity index (χ1n) is 14.5. The average Bonchev–Trinajstić information content (AvgIpc) is 3.59. The van der Waals surface area contributed by atoms with Crippen molar-refractivity contribution in [3.63, 3.8) is 0 Å². The zero-order valence-corrected chi connectivity index (χ0v) is 23.1. The van der Waals surface area contributed by atoms with Crippen molar-refractivity contribution >= 4 is 6.03 Å². The maximum atomic E-state index is 13.5. The molecule has 1 aromatic heterocycles. The van der Waals surface area contributed by atoms with Crippen LogP contribution in [0.5, 0.6) is 0 Å². The Kier molecular flexibility index (Phi) is 7.71. The number of urea groups is 1. The number of fused-ring (bicyclic) bond motifs is 1. The minimum Gasteiger partial charge on any atom is -0.395 e. The summed E-state index contributed by atoms with van der Waals surface area (Å²) in [5, 5.41) is 17.3. The van der Waals surface area contributed by atoms with Gasteiger partial charge in [0.15, 0.2) is 0 Å². The van der Waals surface area contributed by atoms with E-state index in [1.54, 1.807) is 12.1 Å². The van der Waals surface area contributed by atoms with Crippen LogP contribution >= 0.6 is 0 Å². The lowest BCUT2D eigenvalue weighted by Gasteiger charge is -2.36. The molecule has 1 unspecified atom stereocenters. The van der Waals surface area contributed by atoms with Crippen LogP contribution in [0.1, 0.15) is 55.0 Å². The van der Waals surface area contributed by atoms with Crippen molar-refractivity contribution in [3.05, 3.63) is 94.6 Å². The van der Waals surface area contributed by atoms with E-state index in [0.29, 0.717) is 25.6 Å². The van der Waals surface area contributed by atoms with Crippen molar-refractivity contribution in [2.45, 2.75) is 44.6 Å². The third-order valence-corrected chi connectivity index (χ3v) is 9.02. The number of hydrogen-bond donors (Lipinski definition) is 2. The van der Waals surface area contributed by atoms with Gasteiger partial charge in [-0.3, -0.25) is 4.90 Å². The van der Waals surface area contributed by atoms with E-state index < -0.39 is 0 Å². The van der Waals surface area contributed by atoms with E-state index in [1.165, 1.54) is 34.5 Å². The monoisotopic (exact) mass is 543 g/mol. The molecule has 8 heteroatoms. The third kappa shape index (κ3) is 5.30. The third-order valence-electron chi connectivity index (χ3n) is 9.02. The van der Waals surface area contributed by atoms with E-state index in [0.717, 1.165) is 50.0 Å². The van der Waals surface area contributed by atoms with Gasteiger partial charge in [0.05, 0.1) is 30.2 Å². The van der Waals surface area contributed by atoms with Crippen molar-refractivity contribution in [2.24, 2.45) is 5.92 Å². The highest BCUT2D eigenvalue weighted by Gasteiger charge is 2.37. The van der Waals surface area contributed by atoms with Gasteiger partial charge in [0.1, 0.15) is 5.82 Å². The molecule has 3 aliphatic rings. The van der Waals surface area contributed by atoms with Gasteiger partial charge < -0.3 is 15.3 Å². The first-order chi connectivity index (χ1) is 19.5. The summed E-state index contributed by atoms with van der Waals surface area (Å²) < 4.78 is 15.5. The molecule has 2 aliphatic carbocycles. The van der Waals surface area contributed by atoms with Gasteiger partial charge in [-0.2, -0.15) is 5.10 Å². The van der Waals surface area contributed by atoms with Crippen molar-refractivity contribution in [3.8, 4) is 5.69 Å². The summed E-state index contributed by atoms with van der Waals surface area (Å²) in [6.45, 7) is 6.00. The number of nitrogens with zero attached hydrogens (tertiary/aromatic N) is 4. The summed E-state index contributed by atoms with van der Waals surface area (Å²) in [6.07, 6.45) is 5.85. The summed E-state index contributed by atoms with van der Waals surface area (Å²) in [4.78, 5) is 17.5. The van der Waals surface area contributed by atoms with Crippen LogP contribution in [-0.2, 0) is 6.42 Å². The minimum atomic E-state index is -0.245. The quantitative estimate of drug-likeness (QED) is 0.419. The first kappa shape index (κ1) is 26.7.